The van der Waals surface area contributed by atoms with Crippen LogP contribution >= 0.6 is 11.6 Å². The lowest BCUT2D eigenvalue weighted by Gasteiger charge is -2.42. The van der Waals surface area contributed by atoms with Gasteiger partial charge in [0.15, 0.2) is 12.6 Å². The van der Waals surface area contributed by atoms with E-state index >= 15 is 4.39 Å². The molecule has 4 aliphatic rings. The minimum absolute atomic E-state index is 0.00167. The maximum Gasteiger partial charge on any atom is 0.410 e. The molecular weight excluding hydrogens is 694 g/mol. The van der Waals surface area contributed by atoms with Crippen molar-refractivity contribution in [2.24, 2.45) is 0 Å². The molecule has 0 radical (unpaired) electrons. The molecule has 6 heterocycles. The van der Waals surface area contributed by atoms with Crippen molar-refractivity contribution in [2.45, 2.75) is 82.3 Å². The molecule has 14 heteroatoms. The summed E-state index contributed by atoms with van der Waals surface area (Å²) in [6.45, 7) is 7.88. The van der Waals surface area contributed by atoms with Crippen LogP contribution in [0.25, 0.3) is 32.9 Å². The van der Waals surface area contributed by atoms with Crippen LogP contribution in [-0.4, -0.2) is 107 Å². The molecule has 276 valence electrons. The highest BCUT2D eigenvalue weighted by molar-refractivity contribution is 6.36. The van der Waals surface area contributed by atoms with Gasteiger partial charge in [-0.1, -0.05) is 23.7 Å². The molecule has 4 fully saturated rings. The Kier molecular flexibility index (Phi) is 9.02. The standard InChI is InChI=1S/C38H43ClF2N6O5/c1-37(2,3)52-36(48)47-24-9-10-25(47)19-45(18-24)34-28-16-42-32(27-14-26(51-21-49-4)13-22-7-5-8-29(39)30(22)27)31(41)33(28)43-35(44-34)50-20-38-11-6-12-46(38)17-23(40)15-38/h5,7-8,13-14,16,23-25H,6,9-12,15,17-21H2,1-4H3/t23-,24?,25?,38-/m1/s1. The molecule has 2 bridgehead atoms. The zero-order valence-corrected chi connectivity index (χ0v) is 30.6. The van der Waals surface area contributed by atoms with Gasteiger partial charge in [-0.2, -0.15) is 9.97 Å². The van der Waals surface area contributed by atoms with Gasteiger partial charge in [0.1, 0.15) is 41.2 Å². The second-order valence-corrected chi connectivity index (χ2v) is 15.8. The van der Waals surface area contributed by atoms with E-state index in [1.165, 1.54) is 7.11 Å². The fourth-order valence-corrected chi connectivity index (χ4v) is 8.89. The predicted molar refractivity (Wildman–Crippen MR) is 193 cm³/mol. The summed E-state index contributed by atoms with van der Waals surface area (Å²) in [6, 6.07) is 8.72. The Hall–Kier alpha value is -4.07. The lowest BCUT2D eigenvalue weighted by atomic mass is 9.95. The fraction of sp³-hybridized carbons (Fsp3) is 0.526. The maximum absolute atomic E-state index is 17.2. The van der Waals surface area contributed by atoms with E-state index in [2.05, 4.69) is 19.8 Å². The summed E-state index contributed by atoms with van der Waals surface area (Å²) in [5, 5.41) is 2.20. The molecule has 4 aromatic rings. The zero-order valence-electron chi connectivity index (χ0n) is 29.8. The van der Waals surface area contributed by atoms with Crippen LogP contribution in [0.4, 0.5) is 19.4 Å². The number of ether oxygens (including phenoxy) is 4. The highest BCUT2D eigenvalue weighted by atomic mass is 35.5. The number of fused-ring (bicyclic) bond motifs is 5. The number of rotatable bonds is 8. The lowest BCUT2D eigenvalue weighted by Crippen LogP contribution is -2.57. The van der Waals surface area contributed by atoms with Gasteiger partial charge in [-0.15, -0.1) is 0 Å². The van der Waals surface area contributed by atoms with Crippen molar-refractivity contribution in [3.8, 4) is 23.0 Å². The molecule has 4 saturated heterocycles. The van der Waals surface area contributed by atoms with E-state index in [1.807, 2.05) is 43.9 Å². The van der Waals surface area contributed by atoms with Crippen molar-refractivity contribution < 1.29 is 32.5 Å². The average molecular weight is 737 g/mol. The van der Waals surface area contributed by atoms with Crippen molar-refractivity contribution in [2.75, 3.05) is 51.6 Å². The number of carbonyl (C=O) groups excluding carboxylic acids is 1. The number of anilines is 1. The smallest absolute Gasteiger partial charge is 0.410 e. The summed E-state index contributed by atoms with van der Waals surface area (Å²) in [5.74, 6) is 0.257. The Balaban J connectivity index is 1.22. The highest BCUT2D eigenvalue weighted by Gasteiger charge is 2.50. The molecule has 0 aliphatic carbocycles. The number of pyridine rings is 1. The first kappa shape index (κ1) is 35.0. The molecule has 11 nitrogen and oxygen atoms in total. The van der Waals surface area contributed by atoms with Gasteiger partial charge in [-0.3, -0.25) is 14.8 Å². The van der Waals surface area contributed by atoms with E-state index in [4.69, 9.17) is 35.5 Å². The van der Waals surface area contributed by atoms with E-state index in [0.29, 0.717) is 59.0 Å². The summed E-state index contributed by atoms with van der Waals surface area (Å²) in [6.07, 6.45) is 4.08. The number of carbonyl (C=O) groups is 1. The number of piperazine rings is 1. The van der Waals surface area contributed by atoms with E-state index in [-0.39, 0.29) is 48.8 Å². The number of nitrogens with zero attached hydrogens (tertiary/aromatic N) is 6. The summed E-state index contributed by atoms with van der Waals surface area (Å²) in [7, 11) is 1.52. The van der Waals surface area contributed by atoms with Gasteiger partial charge >= 0.3 is 12.1 Å². The molecule has 0 spiro atoms. The Bertz CT molecular complexity index is 2020. The normalized spacial score (nSPS) is 24.6. The number of amides is 1. The summed E-state index contributed by atoms with van der Waals surface area (Å²) in [4.78, 5) is 33.5. The molecule has 0 saturated carbocycles. The molecule has 52 heavy (non-hydrogen) atoms. The average Bonchev–Trinajstić information content (AvgIpc) is 3.72. The number of hydrogen-bond acceptors (Lipinski definition) is 10. The van der Waals surface area contributed by atoms with Crippen LogP contribution in [0, 0.1) is 5.82 Å². The topological polar surface area (TPSA) is 102 Å². The van der Waals surface area contributed by atoms with Crippen LogP contribution in [0.5, 0.6) is 11.8 Å². The number of hydrogen-bond donors (Lipinski definition) is 0. The second kappa shape index (κ2) is 13.4. The third-order valence-electron chi connectivity index (χ3n) is 10.8. The monoisotopic (exact) mass is 736 g/mol. The number of benzene rings is 2. The molecule has 2 aromatic carbocycles. The Morgan fingerprint density at radius 1 is 1.10 bits per heavy atom. The number of aromatic nitrogens is 3. The van der Waals surface area contributed by atoms with E-state index in [0.717, 1.165) is 37.6 Å². The van der Waals surface area contributed by atoms with E-state index in [1.54, 1.807) is 18.3 Å². The van der Waals surface area contributed by atoms with Gasteiger partial charge in [0.25, 0.3) is 0 Å². The molecule has 4 aliphatic heterocycles. The first-order chi connectivity index (χ1) is 24.9. The van der Waals surface area contributed by atoms with Crippen LogP contribution in [-0.2, 0) is 9.47 Å². The largest absolute Gasteiger partial charge is 0.468 e. The highest BCUT2D eigenvalue weighted by Crippen LogP contribution is 2.43. The third kappa shape index (κ3) is 6.34. The van der Waals surface area contributed by atoms with Crippen molar-refractivity contribution in [3.63, 3.8) is 0 Å². The van der Waals surface area contributed by atoms with Gasteiger partial charge in [0.2, 0.25) is 0 Å². The van der Waals surface area contributed by atoms with Gasteiger partial charge in [-0.25, -0.2) is 13.6 Å². The molecule has 0 N–H and O–H groups in total. The van der Waals surface area contributed by atoms with Crippen LogP contribution in [0.3, 0.4) is 0 Å². The third-order valence-corrected chi connectivity index (χ3v) is 11.1. The fourth-order valence-electron chi connectivity index (χ4n) is 8.60. The first-order valence-corrected chi connectivity index (χ1v) is 18.3. The Labute approximate surface area is 306 Å². The SMILES string of the molecule is COCOc1cc(-c2ncc3c(N4CC5CCC(C4)N5C(=O)OC(C)(C)C)nc(OC[C@]45CCCN4C[C@H](F)C5)nc3c2F)c2c(Cl)cccc2c1. The summed E-state index contributed by atoms with van der Waals surface area (Å²) < 4.78 is 54.8. The number of halogens is 3. The Morgan fingerprint density at radius 2 is 1.88 bits per heavy atom. The van der Waals surface area contributed by atoms with Crippen LogP contribution in [0.15, 0.2) is 36.5 Å². The number of methoxy groups -OCH3 is 1. The lowest BCUT2D eigenvalue weighted by molar-refractivity contribution is 0.0122. The van der Waals surface area contributed by atoms with Gasteiger partial charge in [-0.05, 0) is 76.6 Å². The molecule has 2 aromatic heterocycles. The minimum Gasteiger partial charge on any atom is -0.468 e. The van der Waals surface area contributed by atoms with Crippen molar-refractivity contribution in [3.05, 3.63) is 47.4 Å². The zero-order chi connectivity index (χ0) is 36.4. The second-order valence-electron chi connectivity index (χ2n) is 15.4. The van der Waals surface area contributed by atoms with Crippen molar-refractivity contribution in [1.82, 2.24) is 24.8 Å². The Morgan fingerprint density at radius 3 is 2.63 bits per heavy atom. The summed E-state index contributed by atoms with van der Waals surface area (Å²) in [5.41, 5.74) is -0.567. The maximum atomic E-state index is 17.2. The van der Waals surface area contributed by atoms with E-state index < -0.39 is 23.1 Å². The van der Waals surface area contributed by atoms with Crippen LogP contribution in [0.1, 0.15) is 52.9 Å². The van der Waals surface area contributed by atoms with Crippen molar-refractivity contribution in [1.29, 1.82) is 0 Å². The molecule has 8 rings (SSSR count). The van der Waals surface area contributed by atoms with Crippen LogP contribution < -0.4 is 14.4 Å². The van der Waals surface area contributed by atoms with Gasteiger partial charge in [0, 0.05) is 55.3 Å². The minimum atomic E-state index is -0.926. The van der Waals surface area contributed by atoms with E-state index in [9.17, 15) is 9.18 Å². The van der Waals surface area contributed by atoms with Gasteiger partial charge in [0.05, 0.1) is 23.0 Å². The quantitative estimate of drug-likeness (QED) is 0.173. The molecule has 4 atom stereocenters. The first-order valence-electron chi connectivity index (χ1n) is 17.9. The molecule has 2 unspecified atom stereocenters. The summed E-state index contributed by atoms with van der Waals surface area (Å²) >= 11 is 6.72. The number of alkyl halides is 1. The molecule has 1 amide bonds. The van der Waals surface area contributed by atoms with Gasteiger partial charge < -0.3 is 23.8 Å². The molecular formula is C38H43ClF2N6O5. The van der Waals surface area contributed by atoms with Crippen molar-refractivity contribution >= 4 is 45.2 Å². The predicted octanol–water partition coefficient (Wildman–Crippen LogP) is 7.16. The van der Waals surface area contributed by atoms with Crippen LogP contribution in [0.2, 0.25) is 5.02 Å².